The number of rotatable bonds is 4. The molecule has 0 amide bonds. The van der Waals surface area contributed by atoms with Crippen LogP contribution in [0.1, 0.15) is 27.0 Å². The molecular weight excluding hydrogens is 270 g/mol. The molecule has 0 spiro atoms. The number of esters is 1. The quantitative estimate of drug-likeness (QED) is 0.489. The summed E-state index contributed by atoms with van der Waals surface area (Å²) in [6.45, 7) is 3.67. The van der Waals surface area contributed by atoms with Gasteiger partial charge in [-0.15, -0.1) is 0 Å². The summed E-state index contributed by atoms with van der Waals surface area (Å²) in [6.07, 6.45) is 0. The third kappa shape index (κ3) is 3.66. The molecule has 0 atom stereocenters. The Morgan fingerprint density at radius 3 is 2.38 bits per heavy atom. The Bertz CT molecular complexity index is 674. The molecule has 5 nitrogen and oxygen atoms in total. The summed E-state index contributed by atoms with van der Waals surface area (Å²) in [6, 6.07) is 11.6. The van der Waals surface area contributed by atoms with Gasteiger partial charge in [0.2, 0.25) is 0 Å². The van der Waals surface area contributed by atoms with Gasteiger partial charge in [0.05, 0.1) is 16.1 Å². The van der Waals surface area contributed by atoms with Crippen LogP contribution in [0.2, 0.25) is 0 Å². The number of para-hydroxylation sites is 1. The van der Waals surface area contributed by atoms with Crippen LogP contribution >= 0.6 is 0 Å². The van der Waals surface area contributed by atoms with E-state index in [0.717, 1.165) is 11.1 Å². The highest BCUT2D eigenvalue weighted by Crippen LogP contribution is 2.19. The summed E-state index contributed by atoms with van der Waals surface area (Å²) < 4.78 is 5.17. The highest BCUT2D eigenvalue weighted by atomic mass is 16.6. The van der Waals surface area contributed by atoms with Gasteiger partial charge in [0.1, 0.15) is 6.61 Å². The molecule has 0 unspecified atom stereocenters. The molecule has 2 rings (SSSR count). The lowest BCUT2D eigenvalue weighted by molar-refractivity contribution is -0.385. The second-order valence-corrected chi connectivity index (χ2v) is 4.84. The number of hydrogen-bond acceptors (Lipinski definition) is 4. The van der Waals surface area contributed by atoms with Crippen LogP contribution in [0.25, 0.3) is 0 Å². The molecule has 0 aliphatic rings. The van der Waals surface area contributed by atoms with Gasteiger partial charge < -0.3 is 4.74 Å². The first kappa shape index (κ1) is 14.7. The third-order valence-corrected chi connectivity index (χ3v) is 3.00. The van der Waals surface area contributed by atoms with Crippen molar-refractivity contribution in [3.8, 4) is 0 Å². The minimum atomic E-state index is -0.486. The minimum Gasteiger partial charge on any atom is -0.457 e. The Morgan fingerprint density at radius 1 is 1.14 bits per heavy atom. The van der Waals surface area contributed by atoms with Crippen LogP contribution in [-0.4, -0.2) is 10.9 Å². The number of carbonyl (C=O) groups excluding carboxylic acids is 1. The zero-order chi connectivity index (χ0) is 15.4. The van der Waals surface area contributed by atoms with Gasteiger partial charge in [-0.1, -0.05) is 29.3 Å². The van der Waals surface area contributed by atoms with Crippen LogP contribution in [0, 0.1) is 24.0 Å². The Morgan fingerprint density at radius 2 is 1.76 bits per heavy atom. The largest absolute Gasteiger partial charge is 0.457 e. The Kier molecular flexibility index (Phi) is 4.33. The lowest BCUT2D eigenvalue weighted by Gasteiger charge is -2.07. The molecule has 0 aromatic heterocycles. The van der Waals surface area contributed by atoms with Crippen LogP contribution in [0.15, 0.2) is 42.5 Å². The smallest absolute Gasteiger partial charge is 0.338 e. The predicted molar refractivity (Wildman–Crippen MR) is 78.1 cm³/mol. The molecule has 0 N–H and O–H groups in total. The number of ether oxygens (including phenoxy) is 1. The number of benzene rings is 2. The van der Waals surface area contributed by atoms with Crippen molar-refractivity contribution in [3.05, 3.63) is 74.8 Å². The lowest BCUT2D eigenvalue weighted by Crippen LogP contribution is -2.07. The summed E-state index contributed by atoms with van der Waals surface area (Å²) in [5.74, 6) is -0.486. The van der Waals surface area contributed by atoms with E-state index < -0.39 is 10.9 Å². The number of hydrogen-bond donors (Lipinski definition) is 0. The molecule has 0 aliphatic heterocycles. The van der Waals surface area contributed by atoms with Crippen molar-refractivity contribution in [2.75, 3.05) is 0 Å². The van der Waals surface area contributed by atoms with Gasteiger partial charge in [0.15, 0.2) is 0 Å². The van der Waals surface area contributed by atoms with Crippen LogP contribution in [0.4, 0.5) is 5.69 Å². The summed E-state index contributed by atoms with van der Waals surface area (Å²) in [7, 11) is 0. The summed E-state index contributed by atoms with van der Waals surface area (Å²) in [4.78, 5) is 22.4. The fraction of sp³-hybridized carbons (Fsp3) is 0.188. The Hall–Kier alpha value is -2.69. The molecule has 0 bridgehead atoms. The van der Waals surface area contributed by atoms with Gasteiger partial charge >= 0.3 is 5.97 Å². The van der Waals surface area contributed by atoms with Gasteiger partial charge in [0.25, 0.3) is 5.69 Å². The number of carbonyl (C=O) groups is 1. The molecular formula is C16H15NO4. The highest BCUT2D eigenvalue weighted by Gasteiger charge is 2.15. The average Bonchev–Trinajstić information content (AvgIpc) is 2.43. The summed E-state index contributed by atoms with van der Waals surface area (Å²) in [5.41, 5.74) is 2.71. The molecule has 5 heteroatoms. The van der Waals surface area contributed by atoms with Crippen LogP contribution < -0.4 is 0 Å². The van der Waals surface area contributed by atoms with Gasteiger partial charge in [-0.25, -0.2) is 4.79 Å². The number of aryl methyl sites for hydroxylation is 2. The van der Waals surface area contributed by atoms with Crippen LogP contribution in [0.3, 0.4) is 0 Å². The topological polar surface area (TPSA) is 69.4 Å². The number of nitrogens with zero attached hydrogens (tertiary/aromatic N) is 1. The predicted octanol–water partition coefficient (Wildman–Crippen LogP) is 3.57. The third-order valence-electron chi connectivity index (χ3n) is 3.00. The zero-order valence-corrected chi connectivity index (χ0v) is 11.8. The lowest BCUT2D eigenvalue weighted by atomic mass is 10.1. The van der Waals surface area contributed by atoms with Crippen molar-refractivity contribution in [2.24, 2.45) is 0 Å². The maximum atomic E-state index is 12.0. The van der Waals surface area contributed by atoms with Gasteiger partial charge in [0, 0.05) is 6.07 Å². The standard InChI is InChI=1S/C16H15NO4/c1-11-7-12(2)9-14(8-11)16(18)21-10-13-5-3-4-6-15(13)17(19)20/h3-9H,10H2,1-2H3. The SMILES string of the molecule is Cc1cc(C)cc(C(=O)OCc2ccccc2[N+](=O)[O-])c1. The van der Waals surface area contributed by atoms with Gasteiger partial charge in [-0.3, -0.25) is 10.1 Å². The molecule has 2 aromatic rings. The van der Waals surface area contributed by atoms with E-state index in [1.807, 2.05) is 19.9 Å². The molecule has 0 saturated carbocycles. The van der Waals surface area contributed by atoms with Gasteiger partial charge in [-0.05, 0) is 32.0 Å². The van der Waals surface area contributed by atoms with E-state index >= 15 is 0 Å². The molecule has 0 aliphatic carbocycles. The first-order valence-electron chi connectivity index (χ1n) is 6.45. The molecule has 21 heavy (non-hydrogen) atoms. The van der Waals surface area contributed by atoms with E-state index in [0.29, 0.717) is 11.1 Å². The highest BCUT2D eigenvalue weighted by molar-refractivity contribution is 5.89. The van der Waals surface area contributed by atoms with Crippen molar-refractivity contribution in [1.82, 2.24) is 0 Å². The zero-order valence-electron chi connectivity index (χ0n) is 11.8. The van der Waals surface area contributed by atoms with E-state index in [4.69, 9.17) is 4.74 Å². The van der Waals surface area contributed by atoms with Crippen molar-refractivity contribution < 1.29 is 14.5 Å². The normalized spacial score (nSPS) is 10.2. The van der Waals surface area contributed by atoms with Crippen molar-refractivity contribution in [3.63, 3.8) is 0 Å². The molecule has 0 saturated heterocycles. The first-order chi connectivity index (χ1) is 9.97. The van der Waals surface area contributed by atoms with E-state index in [9.17, 15) is 14.9 Å². The van der Waals surface area contributed by atoms with Crippen molar-refractivity contribution >= 4 is 11.7 Å². The molecule has 108 valence electrons. The monoisotopic (exact) mass is 285 g/mol. The fourth-order valence-corrected chi connectivity index (χ4v) is 2.13. The van der Waals surface area contributed by atoms with E-state index in [2.05, 4.69) is 0 Å². The summed E-state index contributed by atoms with van der Waals surface area (Å²) in [5, 5.41) is 10.9. The molecule has 2 aromatic carbocycles. The summed E-state index contributed by atoms with van der Waals surface area (Å²) >= 11 is 0. The average molecular weight is 285 g/mol. The number of nitro groups is 1. The molecule has 0 heterocycles. The number of nitro benzene ring substituents is 1. The Balaban J connectivity index is 2.13. The second kappa shape index (κ2) is 6.17. The van der Waals surface area contributed by atoms with E-state index in [1.165, 1.54) is 6.07 Å². The van der Waals surface area contributed by atoms with Crippen LogP contribution in [0.5, 0.6) is 0 Å². The maximum Gasteiger partial charge on any atom is 0.338 e. The van der Waals surface area contributed by atoms with Gasteiger partial charge in [-0.2, -0.15) is 0 Å². The second-order valence-electron chi connectivity index (χ2n) is 4.84. The first-order valence-corrected chi connectivity index (χ1v) is 6.45. The van der Waals surface area contributed by atoms with Crippen molar-refractivity contribution in [1.29, 1.82) is 0 Å². The maximum absolute atomic E-state index is 12.0. The molecule has 0 fully saturated rings. The van der Waals surface area contributed by atoms with E-state index in [1.54, 1.807) is 30.3 Å². The van der Waals surface area contributed by atoms with Crippen LogP contribution in [-0.2, 0) is 11.3 Å². The van der Waals surface area contributed by atoms with Crippen molar-refractivity contribution in [2.45, 2.75) is 20.5 Å². The molecule has 0 radical (unpaired) electrons. The van der Waals surface area contributed by atoms with E-state index in [-0.39, 0.29) is 12.3 Å². The minimum absolute atomic E-state index is 0.0503. The Labute approximate surface area is 122 Å². The fourth-order valence-electron chi connectivity index (χ4n) is 2.13.